The van der Waals surface area contributed by atoms with Crippen LogP contribution in [-0.4, -0.2) is 57.4 Å². The maximum atomic E-state index is 12.6. The van der Waals surface area contributed by atoms with Crippen LogP contribution in [0.25, 0.3) is 4.91 Å². The number of hydrogen-bond acceptors (Lipinski definition) is 5. The second kappa shape index (κ2) is 7.67. The lowest BCUT2D eigenvalue weighted by Gasteiger charge is -2.34. The fraction of sp³-hybridized carbons (Fsp3) is 0.500. The number of amides is 1. The Labute approximate surface area is 165 Å². The van der Waals surface area contributed by atoms with E-state index in [2.05, 4.69) is 9.71 Å². The fourth-order valence-corrected chi connectivity index (χ4v) is 5.55. The van der Waals surface area contributed by atoms with Crippen molar-refractivity contribution in [2.75, 3.05) is 26.3 Å². The second-order valence-corrected chi connectivity index (χ2v) is 9.08. The first-order chi connectivity index (χ1) is 13.5. The first-order valence-electron chi connectivity index (χ1n) is 9.70. The highest BCUT2D eigenvalue weighted by Crippen LogP contribution is 2.34. The monoisotopic (exact) mass is 403 g/mol. The summed E-state index contributed by atoms with van der Waals surface area (Å²) in [6, 6.07) is 9.21. The first-order valence-corrected chi connectivity index (χ1v) is 11.1. The van der Waals surface area contributed by atoms with Gasteiger partial charge >= 0.3 is 0 Å². The number of carbonyl (C=O) groups is 1. The minimum atomic E-state index is -3.69. The normalized spacial score (nSPS) is 25.1. The molecular weight excluding hydrogens is 378 g/mol. The Morgan fingerprint density at radius 3 is 2.54 bits per heavy atom. The molecule has 7 nitrogen and oxygen atoms in total. The zero-order valence-electron chi connectivity index (χ0n) is 15.9. The molecule has 0 spiro atoms. The molecule has 0 radical (unpaired) electrons. The lowest BCUT2D eigenvalue weighted by Crippen LogP contribution is -2.48. The molecule has 1 aromatic rings. The van der Waals surface area contributed by atoms with Crippen LogP contribution in [0.1, 0.15) is 31.7 Å². The number of sulfonamides is 1. The van der Waals surface area contributed by atoms with Crippen molar-refractivity contribution in [3.8, 4) is 0 Å². The molecule has 1 N–H and O–H groups in total. The number of rotatable bonds is 3. The SMILES string of the molecule is CC1=C(c2ccccc2)S(=O)(=O)N=C1N1CCC(NC(=O)[C@@H]2CCOC2)CC1. The maximum Gasteiger partial charge on any atom is 0.285 e. The molecule has 28 heavy (non-hydrogen) atoms. The number of carbonyl (C=O) groups excluding carboxylic acids is 1. The van der Waals surface area contributed by atoms with E-state index in [0.717, 1.165) is 19.3 Å². The van der Waals surface area contributed by atoms with Crippen LogP contribution in [0.5, 0.6) is 0 Å². The molecule has 0 bridgehead atoms. The lowest BCUT2D eigenvalue weighted by molar-refractivity contribution is -0.125. The highest BCUT2D eigenvalue weighted by molar-refractivity contribution is 8.00. The molecule has 0 unspecified atom stereocenters. The van der Waals surface area contributed by atoms with Gasteiger partial charge in [0.05, 0.1) is 12.5 Å². The van der Waals surface area contributed by atoms with Crippen molar-refractivity contribution in [1.82, 2.24) is 10.2 Å². The summed E-state index contributed by atoms with van der Waals surface area (Å²) in [6.07, 6.45) is 2.32. The number of nitrogens with zero attached hydrogens (tertiary/aromatic N) is 2. The van der Waals surface area contributed by atoms with Gasteiger partial charge in [-0.3, -0.25) is 4.79 Å². The molecule has 4 rings (SSSR count). The molecule has 1 amide bonds. The van der Waals surface area contributed by atoms with Crippen LogP contribution in [0, 0.1) is 5.92 Å². The topological polar surface area (TPSA) is 88.1 Å². The minimum Gasteiger partial charge on any atom is -0.381 e. The molecule has 150 valence electrons. The van der Waals surface area contributed by atoms with Gasteiger partial charge < -0.3 is 15.0 Å². The van der Waals surface area contributed by atoms with E-state index in [1.807, 2.05) is 30.0 Å². The summed E-state index contributed by atoms with van der Waals surface area (Å²) in [5, 5.41) is 3.12. The quantitative estimate of drug-likeness (QED) is 0.831. The van der Waals surface area contributed by atoms with Crippen molar-refractivity contribution >= 4 is 26.7 Å². The Bertz CT molecular complexity index is 910. The van der Waals surface area contributed by atoms with Gasteiger partial charge in [-0.05, 0) is 31.7 Å². The van der Waals surface area contributed by atoms with E-state index in [-0.39, 0.29) is 17.9 Å². The largest absolute Gasteiger partial charge is 0.381 e. The number of hydrogen-bond donors (Lipinski definition) is 1. The number of nitrogens with one attached hydrogen (secondary N) is 1. The smallest absolute Gasteiger partial charge is 0.285 e. The Balaban J connectivity index is 1.43. The summed E-state index contributed by atoms with van der Waals surface area (Å²) < 4.78 is 34.6. The van der Waals surface area contributed by atoms with Gasteiger partial charge in [-0.25, -0.2) is 0 Å². The van der Waals surface area contributed by atoms with Crippen LogP contribution < -0.4 is 5.32 Å². The highest BCUT2D eigenvalue weighted by Gasteiger charge is 2.35. The van der Waals surface area contributed by atoms with Crippen molar-refractivity contribution < 1.29 is 17.9 Å². The molecule has 0 aromatic heterocycles. The summed E-state index contributed by atoms with van der Waals surface area (Å²) >= 11 is 0. The van der Waals surface area contributed by atoms with E-state index in [9.17, 15) is 13.2 Å². The van der Waals surface area contributed by atoms with Gasteiger partial charge in [0.25, 0.3) is 10.0 Å². The summed E-state index contributed by atoms with van der Waals surface area (Å²) in [6.45, 7) is 4.31. The molecule has 0 saturated carbocycles. The average Bonchev–Trinajstić information content (AvgIpc) is 3.30. The fourth-order valence-electron chi connectivity index (χ4n) is 4.07. The highest BCUT2D eigenvalue weighted by atomic mass is 32.2. The predicted octanol–water partition coefficient (Wildman–Crippen LogP) is 1.78. The van der Waals surface area contributed by atoms with Crippen molar-refractivity contribution in [2.24, 2.45) is 10.3 Å². The van der Waals surface area contributed by atoms with Gasteiger partial charge in [-0.15, -0.1) is 4.40 Å². The van der Waals surface area contributed by atoms with Crippen LogP contribution in [0.2, 0.25) is 0 Å². The number of piperidine rings is 1. The summed E-state index contributed by atoms with van der Waals surface area (Å²) in [4.78, 5) is 14.6. The zero-order valence-corrected chi connectivity index (χ0v) is 16.7. The second-order valence-electron chi connectivity index (χ2n) is 7.54. The molecule has 3 aliphatic rings. The van der Waals surface area contributed by atoms with Crippen LogP contribution in [0.4, 0.5) is 0 Å². The van der Waals surface area contributed by atoms with Crippen molar-refractivity contribution in [2.45, 2.75) is 32.2 Å². The van der Waals surface area contributed by atoms with Crippen LogP contribution in [-0.2, 0) is 19.6 Å². The van der Waals surface area contributed by atoms with Crippen molar-refractivity contribution in [3.63, 3.8) is 0 Å². The van der Waals surface area contributed by atoms with E-state index in [4.69, 9.17) is 4.74 Å². The summed E-state index contributed by atoms with van der Waals surface area (Å²) in [5.74, 6) is 0.563. The molecule has 2 saturated heterocycles. The molecule has 3 heterocycles. The van der Waals surface area contributed by atoms with E-state index >= 15 is 0 Å². The Morgan fingerprint density at radius 2 is 1.89 bits per heavy atom. The third-order valence-corrected chi connectivity index (χ3v) is 7.09. The van der Waals surface area contributed by atoms with Crippen molar-refractivity contribution in [1.29, 1.82) is 0 Å². The third-order valence-electron chi connectivity index (χ3n) is 5.62. The molecule has 3 aliphatic heterocycles. The van der Waals surface area contributed by atoms with Gasteiger partial charge in [0.1, 0.15) is 10.7 Å². The Kier molecular flexibility index (Phi) is 5.25. The Morgan fingerprint density at radius 1 is 1.18 bits per heavy atom. The number of ether oxygens (including phenoxy) is 1. The Hall–Kier alpha value is -2.19. The van der Waals surface area contributed by atoms with E-state index < -0.39 is 10.0 Å². The number of likely N-dealkylation sites (tertiary alicyclic amines) is 1. The maximum absolute atomic E-state index is 12.6. The minimum absolute atomic E-state index is 0.0408. The molecule has 8 heteroatoms. The van der Waals surface area contributed by atoms with Crippen molar-refractivity contribution in [3.05, 3.63) is 41.5 Å². The number of amidine groups is 1. The van der Waals surface area contributed by atoms with Gasteiger partial charge in [0, 0.05) is 31.3 Å². The van der Waals surface area contributed by atoms with Gasteiger partial charge in [-0.1, -0.05) is 30.3 Å². The molecular formula is C20H25N3O4S. The first kappa shape index (κ1) is 19.1. The third kappa shape index (κ3) is 3.71. The van der Waals surface area contributed by atoms with Crippen LogP contribution in [0.15, 0.2) is 40.3 Å². The molecule has 0 aliphatic carbocycles. The zero-order chi connectivity index (χ0) is 19.7. The van der Waals surface area contributed by atoms with E-state index in [1.165, 1.54) is 0 Å². The lowest BCUT2D eigenvalue weighted by atomic mass is 10.0. The summed E-state index contributed by atoms with van der Waals surface area (Å²) in [5.41, 5.74) is 1.36. The number of benzene rings is 1. The summed E-state index contributed by atoms with van der Waals surface area (Å²) in [7, 11) is -3.69. The predicted molar refractivity (Wildman–Crippen MR) is 107 cm³/mol. The van der Waals surface area contributed by atoms with Gasteiger partial charge in [-0.2, -0.15) is 8.42 Å². The van der Waals surface area contributed by atoms with Gasteiger partial charge in [0.2, 0.25) is 5.91 Å². The van der Waals surface area contributed by atoms with Crippen LogP contribution in [0.3, 0.4) is 0 Å². The van der Waals surface area contributed by atoms with Crippen LogP contribution >= 0.6 is 0 Å². The van der Waals surface area contributed by atoms with E-state index in [1.54, 1.807) is 12.1 Å². The average molecular weight is 404 g/mol. The standard InChI is InChI=1S/C20H25N3O4S/c1-14-18(15-5-3-2-4-6-15)28(25,26)22-19(14)23-10-7-17(8-11-23)21-20(24)16-9-12-27-13-16/h2-6,16-17H,7-13H2,1H3,(H,21,24)/t16-/m1/s1. The molecule has 1 aromatic carbocycles. The van der Waals surface area contributed by atoms with E-state index in [0.29, 0.717) is 48.2 Å². The molecule has 2 fully saturated rings. The molecule has 1 atom stereocenters. The van der Waals surface area contributed by atoms with Gasteiger partial charge in [0.15, 0.2) is 0 Å².